The number of benzene rings is 1. The number of nitrogens with one attached hydrogen (secondary N) is 1. The number of fused-ring (bicyclic) bond motifs is 1. The number of carbonyl (C=O) groups is 1. The number of aryl methyl sites for hydroxylation is 1. The van der Waals surface area contributed by atoms with E-state index in [2.05, 4.69) is 41.2 Å². The van der Waals surface area contributed by atoms with Crippen molar-refractivity contribution in [2.75, 3.05) is 23.3 Å². The van der Waals surface area contributed by atoms with Crippen molar-refractivity contribution in [2.45, 2.75) is 19.8 Å². The second-order valence-corrected chi connectivity index (χ2v) is 7.31. The second kappa shape index (κ2) is 7.03. The molecule has 0 atom stereocenters. The van der Waals surface area contributed by atoms with Gasteiger partial charge < -0.3 is 10.2 Å². The normalized spacial score (nSPS) is 15.4. The molecule has 1 aliphatic heterocycles. The van der Waals surface area contributed by atoms with Crippen LogP contribution in [0.2, 0.25) is 0 Å². The molecule has 1 N–H and O–H groups in total. The minimum absolute atomic E-state index is 0.00697. The number of nitrogens with zero attached hydrogens (tertiary/aromatic N) is 5. The first-order valence-electron chi connectivity index (χ1n) is 8.59. The summed E-state index contributed by atoms with van der Waals surface area (Å²) >= 11 is 3.47. The fourth-order valence-electron chi connectivity index (χ4n) is 3.30. The average Bonchev–Trinajstić information content (AvgIpc) is 3.11. The third kappa shape index (κ3) is 3.29. The molecule has 1 saturated heterocycles. The molecule has 1 aromatic carbocycles. The largest absolute Gasteiger partial charge is 0.356 e. The third-order valence-corrected chi connectivity index (χ3v) is 5.37. The molecule has 3 aromatic rings. The molecule has 8 heteroatoms. The van der Waals surface area contributed by atoms with Crippen molar-refractivity contribution in [1.82, 2.24) is 19.6 Å². The first-order valence-corrected chi connectivity index (χ1v) is 9.39. The number of hydrogen-bond acceptors (Lipinski definition) is 5. The summed E-state index contributed by atoms with van der Waals surface area (Å²) in [6, 6.07) is 9.69. The van der Waals surface area contributed by atoms with Crippen molar-refractivity contribution < 1.29 is 4.79 Å². The van der Waals surface area contributed by atoms with E-state index in [1.807, 2.05) is 37.3 Å². The molecule has 0 unspecified atom stereocenters. The van der Waals surface area contributed by atoms with Crippen LogP contribution in [0.25, 0.3) is 5.78 Å². The minimum atomic E-state index is 0.00697. The molecule has 1 fully saturated rings. The molecule has 7 nitrogen and oxygen atoms in total. The SMILES string of the molecule is Cc1cc(N2CCC(C(=O)Nc3ccccc3Br)CC2)n2ncnc2n1. The summed E-state index contributed by atoms with van der Waals surface area (Å²) < 4.78 is 2.65. The van der Waals surface area contributed by atoms with E-state index >= 15 is 0 Å². The predicted molar refractivity (Wildman–Crippen MR) is 103 cm³/mol. The standard InChI is InChI=1S/C18H19BrN6O/c1-12-10-16(25-18(22-12)20-11-21-25)24-8-6-13(7-9-24)17(26)23-15-5-3-2-4-14(15)19/h2-5,10-11,13H,6-9H2,1H3,(H,23,26). The van der Waals surface area contributed by atoms with Crippen LogP contribution in [0.3, 0.4) is 0 Å². The van der Waals surface area contributed by atoms with Crippen LogP contribution in [-0.4, -0.2) is 38.6 Å². The number of carbonyl (C=O) groups excluding carboxylic acids is 1. The Morgan fingerprint density at radius 2 is 2.04 bits per heavy atom. The van der Waals surface area contributed by atoms with Gasteiger partial charge in [-0.2, -0.15) is 14.6 Å². The molecule has 1 aliphatic rings. The molecule has 4 rings (SSSR count). The first kappa shape index (κ1) is 17.0. The number of rotatable bonds is 3. The Kier molecular flexibility index (Phi) is 4.58. The lowest BCUT2D eigenvalue weighted by molar-refractivity contribution is -0.120. The molecule has 134 valence electrons. The van der Waals surface area contributed by atoms with E-state index in [1.54, 1.807) is 4.52 Å². The highest BCUT2D eigenvalue weighted by Gasteiger charge is 2.27. The smallest absolute Gasteiger partial charge is 0.254 e. The number of anilines is 2. The van der Waals surface area contributed by atoms with Gasteiger partial charge in [0.1, 0.15) is 12.1 Å². The monoisotopic (exact) mass is 414 g/mol. The minimum Gasteiger partial charge on any atom is -0.356 e. The first-order chi connectivity index (χ1) is 12.6. The summed E-state index contributed by atoms with van der Waals surface area (Å²) in [4.78, 5) is 23.4. The molecular formula is C18H19BrN6O. The van der Waals surface area contributed by atoms with E-state index in [9.17, 15) is 4.79 Å². The summed E-state index contributed by atoms with van der Waals surface area (Å²) in [5.74, 6) is 1.67. The number of para-hydroxylation sites is 1. The maximum atomic E-state index is 12.6. The van der Waals surface area contributed by atoms with Crippen molar-refractivity contribution in [1.29, 1.82) is 0 Å². The van der Waals surface area contributed by atoms with Crippen LogP contribution in [0.15, 0.2) is 41.1 Å². The average molecular weight is 415 g/mol. The van der Waals surface area contributed by atoms with E-state index < -0.39 is 0 Å². The van der Waals surface area contributed by atoms with Crippen molar-refractivity contribution >= 4 is 39.1 Å². The van der Waals surface area contributed by atoms with Gasteiger partial charge in [0.05, 0.1) is 5.69 Å². The molecule has 0 radical (unpaired) electrons. The molecular weight excluding hydrogens is 396 g/mol. The Balaban J connectivity index is 1.44. The lowest BCUT2D eigenvalue weighted by Gasteiger charge is -2.32. The quantitative estimate of drug-likeness (QED) is 0.712. The van der Waals surface area contributed by atoms with Crippen LogP contribution in [0.4, 0.5) is 11.5 Å². The molecule has 3 heterocycles. The number of amides is 1. The summed E-state index contributed by atoms with van der Waals surface area (Å²) in [6.45, 7) is 3.55. The number of aromatic nitrogens is 4. The Labute approximate surface area is 159 Å². The lowest BCUT2D eigenvalue weighted by Crippen LogP contribution is -2.39. The van der Waals surface area contributed by atoms with Gasteiger partial charge in [-0.1, -0.05) is 12.1 Å². The van der Waals surface area contributed by atoms with Crippen LogP contribution >= 0.6 is 15.9 Å². The Hall–Kier alpha value is -2.48. The zero-order chi connectivity index (χ0) is 18.1. The third-order valence-electron chi connectivity index (χ3n) is 4.68. The molecule has 0 aliphatic carbocycles. The van der Waals surface area contributed by atoms with Gasteiger partial charge in [0.2, 0.25) is 5.91 Å². The van der Waals surface area contributed by atoms with Crippen LogP contribution in [0.1, 0.15) is 18.5 Å². The zero-order valence-electron chi connectivity index (χ0n) is 14.4. The summed E-state index contributed by atoms with van der Waals surface area (Å²) in [6.07, 6.45) is 3.12. The van der Waals surface area contributed by atoms with Gasteiger partial charge in [-0.05, 0) is 47.8 Å². The van der Waals surface area contributed by atoms with Gasteiger partial charge in [0.25, 0.3) is 5.78 Å². The molecule has 2 aromatic heterocycles. The van der Waals surface area contributed by atoms with Crippen LogP contribution in [0.5, 0.6) is 0 Å². The van der Waals surface area contributed by atoms with Crippen LogP contribution in [-0.2, 0) is 4.79 Å². The highest BCUT2D eigenvalue weighted by molar-refractivity contribution is 9.10. The second-order valence-electron chi connectivity index (χ2n) is 6.46. The molecule has 0 bridgehead atoms. The van der Waals surface area contributed by atoms with Crippen molar-refractivity contribution in [2.24, 2.45) is 5.92 Å². The zero-order valence-corrected chi connectivity index (χ0v) is 16.0. The van der Waals surface area contributed by atoms with E-state index in [1.165, 1.54) is 6.33 Å². The number of hydrogen-bond donors (Lipinski definition) is 1. The molecule has 0 spiro atoms. The van der Waals surface area contributed by atoms with Gasteiger partial charge in [-0.3, -0.25) is 4.79 Å². The highest BCUT2D eigenvalue weighted by atomic mass is 79.9. The Morgan fingerprint density at radius 1 is 1.27 bits per heavy atom. The maximum Gasteiger partial charge on any atom is 0.254 e. The van der Waals surface area contributed by atoms with Crippen molar-refractivity contribution in [3.63, 3.8) is 0 Å². The van der Waals surface area contributed by atoms with Crippen molar-refractivity contribution in [3.05, 3.63) is 46.8 Å². The number of piperidine rings is 1. The van der Waals surface area contributed by atoms with Gasteiger partial charge in [-0.25, -0.2) is 4.98 Å². The Bertz CT molecular complexity index is 948. The summed E-state index contributed by atoms with van der Waals surface area (Å²) in [5.41, 5.74) is 1.73. The molecule has 26 heavy (non-hydrogen) atoms. The topological polar surface area (TPSA) is 75.4 Å². The van der Waals surface area contributed by atoms with Crippen LogP contribution in [0, 0.1) is 12.8 Å². The van der Waals surface area contributed by atoms with E-state index in [0.717, 1.165) is 47.6 Å². The van der Waals surface area contributed by atoms with Gasteiger partial charge in [0, 0.05) is 35.2 Å². The van der Waals surface area contributed by atoms with Crippen molar-refractivity contribution in [3.8, 4) is 0 Å². The lowest BCUT2D eigenvalue weighted by atomic mass is 9.95. The Morgan fingerprint density at radius 3 is 2.81 bits per heavy atom. The van der Waals surface area contributed by atoms with Gasteiger partial charge in [-0.15, -0.1) is 0 Å². The van der Waals surface area contributed by atoms with E-state index in [-0.39, 0.29) is 11.8 Å². The predicted octanol–water partition coefficient (Wildman–Crippen LogP) is 3.05. The van der Waals surface area contributed by atoms with E-state index in [4.69, 9.17) is 0 Å². The summed E-state index contributed by atoms with van der Waals surface area (Å²) in [7, 11) is 0. The molecule has 0 saturated carbocycles. The van der Waals surface area contributed by atoms with Gasteiger partial charge >= 0.3 is 0 Å². The molecule has 1 amide bonds. The number of halogens is 1. The fourth-order valence-corrected chi connectivity index (χ4v) is 3.69. The fraction of sp³-hybridized carbons (Fsp3) is 0.333. The van der Waals surface area contributed by atoms with Crippen LogP contribution < -0.4 is 10.2 Å². The summed E-state index contributed by atoms with van der Waals surface area (Å²) in [5, 5.41) is 7.30. The maximum absolute atomic E-state index is 12.6. The van der Waals surface area contributed by atoms with E-state index in [0.29, 0.717) is 5.78 Å². The highest BCUT2D eigenvalue weighted by Crippen LogP contribution is 2.26. The van der Waals surface area contributed by atoms with Gasteiger partial charge in [0.15, 0.2) is 0 Å².